The fraction of sp³-hybridized carbons (Fsp3) is 0.286. The first-order valence-corrected chi connectivity index (χ1v) is 10.3. The summed E-state index contributed by atoms with van der Waals surface area (Å²) in [5.74, 6) is -0.0248. The number of nitrogens with one attached hydrogen (secondary N) is 2. The molecule has 0 saturated heterocycles. The summed E-state index contributed by atoms with van der Waals surface area (Å²) in [5.41, 5.74) is 2.01. The second-order valence-corrected chi connectivity index (χ2v) is 7.60. The lowest BCUT2D eigenvalue weighted by atomic mass is 10.2. The summed E-state index contributed by atoms with van der Waals surface area (Å²) in [6.07, 6.45) is 2.11. The molecule has 164 valence electrons. The number of carbonyl (C=O) groups excluding carboxylic acids is 1. The van der Waals surface area contributed by atoms with Crippen LogP contribution in [0.5, 0.6) is 5.75 Å². The number of hydrogen-bond acceptors (Lipinski definition) is 5. The molecule has 0 aliphatic rings. The summed E-state index contributed by atoms with van der Waals surface area (Å²) in [5, 5.41) is 14.9. The van der Waals surface area contributed by atoms with Gasteiger partial charge in [-0.25, -0.2) is 9.78 Å². The Morgan fingerprint density at radius 3 is 2.71 bits per heavy atom. The number of carbonyl (C=O) groups is 2. The average Bonchev–Trinajstić information content (AvgIpc) is 3.14. The first kappa shape index (κ1) is 22.7. The minimum Gasteiger partial charge on any atom is -0.495 e. The van der Waals surface area contributed by atoms with E-state index in [1.165, 1.54) is 7.11 Å². The number of methoxy groups -OCH3 is 1. The molecule has 3 rings (SSSR count). The van der Waals surface area contributed by atoms with Gasteiger partial charge in [-0.1, -0.05) is 29.6 Å². The van der Waals surface area contributed by atoms with Crippen molar-refractivity contribution in [2.45, 2.75) is 25.7 Å². The van der Waals surface area contributed by atoms with E-state index in [-0.39, 0.29) is 6.42 Å². The van der Waals surface area contributed by atoms with Crippen molar-refractivity contribution in [2.24, 2.45) is 0 Å². The molecule has 3 N–H and O–H groups in total. The molecule has 1 aromatic heterocycles. The van der Waals surface area contributed by atoms with Crippen LogP contribution in [-0.2, 0) is 4.79 Å². The molecule has 2 amide bonds. The molecule has 0 saturated carbocycles. The molecule has 0 aliphatic carbocycles. The highest BCUT2D eigenvalue weighted by Crippen LogP contribution is 2.34. The molecule has 0 fully saturated rings. The Bertz CT molecular complexity index is 1100. The van der Waals surface area contributed by atoms with Gasteiger partial charge in [-0.05, 0) is 43.2 Å². The summed E-state index contributed by atoms with van der Waals surface area (Å²) in [4.78, 5) is 27.2. The molecule has 8 nitrogen and oxygen atoms in total. The Balaban J connectivity index is 1.69. The number of hydrogen-bond donors (Lipinski definition) is 3. The number of aliphatic carboxylic acids is 1. The fourth-order valence-corrected chi connectivity index (χ4v) is 3.49. The number of carboxylic acid groups (broad SMARTS) is 1. The lowest BCUT2D eigenvalue weighted by molar-refractivity contribution is -0.137. The first-order valence-electron chi connectivity index (χ1n) is 9.58. The van der Waals surface area contributed by atoms with Crippen molar-refractivity contribution < 1.29 is 23.8 Å². The van der Waals surface area contributed by atoms with Gasteiger partial charge in [-0.15, -0.1) is 0 Å². The zero-order chi connectivity index (χ0) is 22.4. The number of urea groups is 1. The maximum atomic E-state index is 12.2. The summed E-state index contributed by atoms with van der Waals surface area (Å²) in [7, 11) is 1.50. The lowest BCUT2D eigenvalue weighted by Gasteiger charge is -2.12. The normalized spacial score (nSPS) is 10.8. The van der Waals surface area contributed by atoms with Crippen LogP contribution in [0.1, 0.15) is 25.7 Å². The maximum Gasteiger partial charge on any atom is 0.319 e. The van der Waals surface area contributed by atoms with Gasteiger partial charge in [-0.3, -0.25) is 4.79 Å². The highest BCUT2D eigenvalue weighted by Gasteiger charge is 2.15. The van der Waals surface area contributed by atoms with E-state index in [2.05, 4.69) is 15.6 Å². The number of benzene rings is 2. The minimum atomic E-state index is -0.818. The van der Waals surface area contributed by atoms with Crippen LogP contribution in [0.2, 0.25) is 10.0 Å². The van der Waals surface area contributed by atoms with Gasteiger partial charge in [0.15, 0.2) is 5.58 Å². The predicted octanol–water partition coefficient (Wildman–Crippen LogP) is 5.58. The molecule has 1 heterocycles. The zero-order valence-electron chi connectivity index (χ0n) is 16.7. The maximum absolute atomic E-state index is 12.2. The monoisotopic (exact) mass is 465 g/mol. The van der Waals surface area contributed by atoms with Gasteiger partial charge in [0.25, 0.3) is 0 Å². The third kappa shape index (κ3) is 6.02. The summed E-state index contributed by atoms with van der Waals surface area (Å²) >= 11 is 12.2. The highest BCUT2D eigenvalue weighted by molar-refractivity contribution is 6.38. The van der Waals surface area contributed by atoms with Crippen molar-refractivity contribution >= 4 is 52.0 Å². The number of carboxylic acids is 1. The molecule has 0 spiro atoms. The van der Waals surface area contributed by atoms with Crippen molar-refractivity contribution in [3.05, 3.63) is 40.4 Å². The lowest BCUT2D eigenvalue weighted by Crippen LogP contribution is -2.29. The zero-order valence-corrected chi connectivity index (χ0v) is 18.2. The molecule has 0 unspecified atom stereocenters. The van der Waals surface area contributed by atoms with E-state index >= 15 is 0 Å². The van der Waals surface area contributed by atoms with Crippen molar-refractivity contribution in [3.63, 3.8) is 0 Å². The van der Waals surface area contributed by atoms with Crippen LogP contribution in [0.25, 0.3) is 22.6 Å². The largest absolute Gasteiger partial charge is 0.495 e. The average molecular weight is 466 g/mol. The summed E-state index contributed by atoms with van der Waals surface area (Å²) in [6, 6.07) is 7.97. The Kier molecular flexibility index (Phi) is 7.59. The Morgan fingerprint density at radius 1 is 1.16 bits per heavy atom. The second kappa shape index (κ2) is 10.4. The van der Waals surface area contributed by atoms with Crippen molar-refractivity contribution in [3.8, 4) is 17.2 Å². The molecule has 0 atom stereocenters. The summed E-state index contributed by atoms with van der Waals surface area (Å²) in [6.45, 7) is 0.428. The fourth-order valence-electron chi connectivity index (χ4n) is 2.97. The predicted molar refractivity (Wildman–Crippen MR) is 119 cm³/mol. The summed E-state index contributed by atoms with van der Waals surface area (Å²) < 4.78 is 11.1. The minimum absolute atomic E-state index is 0.128. The third-order valence-corrected chi connectivity index (χ3v) is 4.96. The number of aromatic nitrogens is 1. The van der Waals surface area contributed by atoms with Crippen LogP contribution >= 0.6 is 23.2 Å². The molecule has 31 heavy (non-hydrogen) atoms. The number of ether oxygens (including phenoxy) is 1. The van der Waals surface area contributed by atoms with Gasteiger partial charge in [0, 0.05) is 23.6 Å². The molecular weight excluding hydrogens is 445 g/mol. The Morgan fingerprint density at radius 2 is 1.97 bits per heavy atom. The number of nitrogens with zero attached hydrogens (tertiary/aromatic N) is 1. The van der Waals surface area contributed by atoms with Crippen LogP contribution in [0.3, 0.4) is 0 Å². The van der Waals surface area contributed by atoms with Gasteiger partial charge in [0.2, 0.25) is 5.89 Å². The van der Waals surface area contributed by atoms with Crippen LogP contribution in [0.15, 0.2) is 34.7 Å². The number of amides is 2. The van der Waals surface area contributed by atoms with Gasteiger partial charge >= 0.3 is 12.0 Å². The SMILES string of the molecule is COc1ccc(-c2nc3cc(Cl)cc(Cl)c3o2)cc1NC(=O)NCCCCCC(=O)O. The smallest absolute Gasteiger partial charge is 0.319 e. The number of unbranched alkanes of at least 4 members (excludes halogenated alkanes) is 2. The van der Waals surface area contributed by atoms with Gasteiger partial charge in [0.1, 0.15) is 11.3 Å². The number of oxazole rings is 1. The van der Waals surface area contributed by atoms with E-state index < -0.39 is 12.0 Å². The Hall–Kier alpha value is -2.97. The van der Waals surface area contributed by atoms with E-state index in [1.807, 2.05) is 0 Å². The van der Waals surface area contributed by atoms with Crippen molar-refractivity contribution in [1.29, 1.82) is 0 Å². The van der Waals surface area contributed by atoms with Gasteiger partial charge < -0.3 is 24.9 Å². The van der Waals surface area contributed by atoms with E-state index in [0.29, 0.717) is 63.4 Å². The third-order valence-electron chi connectivity index (χ3n) is 4.46. The second-order valence-electron chi connectivity index (χ2n) is 6.76. The van der Waals surface area contributed by atoms with Crippen molar-refractivity contribution in [1.82, 2.24) is 10.3 Å². The van der Waals surface area contributed by atoms with Crippen LogP contribution in [0, 0.1) is 0 Å². The van der Waals surface area contributed by atoms with E-state index in [9.17, 15) is 9.59 Å². The van der Waals surface area contributed by atoms with E-state index in [0.717, 1.165) is 6.42 Å². The first-order chi connectivity index (χ1) is 14.9. The molecule has 3 aromatic rings. The molecule has 10 heteroatoms. The molecule has 2 aromatic carbocycles. The molecule has 0 aliphatic heterocycles. The van der Waals surface area contributed by atoms with Crippen molar-refractivity contribution in [2.75, 3.05) is 19.0 Å². The van der Waals surface area contributed by atoms with E-state index in [1.54, 1.807) is 30.3 Å². The standard InChI is InChI=1S/C21H21Cl2N3O5/c1-30-17-7-6-12(20-25-16-11-13(22)10-14(23)19(16)31-20)9-15(17)26-21(29)24-8-4-2-3-5-18(27)28/h6-7,9-11H,2-5,8H2,1H3,(H,27,28)(H2,24,26,29). The van der Waals surface area contributed by atoms with Gasteiger partial charge in [-0.2, -0.15) is 0 Å². The van der Waals surface area contributed by atoms with Crippen LogP contribution in [0.4, 0.5) is 10.5 Å². The molecule has 0 radical (unpaired) electrons. The topological polar surface area (TPSA) is 114 Å². The molecule has 0 bridgehead atoms. The van der Waals surface area contributed by atoms with Crippen LogP contribution in [-0.4, -0.2) is 35.7 Å². The number of rotatable bonds is 9. The number of fused-ring (bicyclic) bond motifs is 1. The molecular formula is C21H21Cl2N3O5. The van der Waals surface area contributed by atoms with E-state index in [4.69, 9.17) is 37.5 Å². The highest BCUT2D eigenvalue weighted by atomic mass is 35.5. The number of halogens is 2. The number of anilines is 1. The quantitative estimate of drug-likeness (QED) is 0.355. The Labute approximate surface area is 188 Å². The van der Waals surface area contributed by atoms with Crippen LogP contribution < -0.4 is 15.4 Å². The van der Waals surface area contributed by atoms with Gasteiger partial charge in [0.05, 0.1) is 17.8 Å².